The SMILES string of the molecule is COC(=O)C(CCOc1cccc(N(C)C)c1)NC1CC1. The number of ether oxygens (including phenoxy) is 2. The Morgan fingerprint density at radius 1 is 1.43 bits per heavy atom. The highest BCUT2D eigenvalue weighted by atomic mass is 16.5. The van der Waals surface area contributed by atoms with Crippen LogP contribution < -0.4 is 15.0 Å². The molecule has 1 atom stereocenters. The zero-order chi connectivity index (χ0) is 15.2. The molecule has 1 aliphatic carbocycles. The first-order valence-corrected chi connectivity index (χ1v) is 7.34. The summed E-state index contributed by atoms with van der Waals surface area (Å²) in [5, 5.41) is 3.29. The van der Waals surface area contributed by atoms with Gasteiger partial charge in [-0.15, -0.1) is 0 Å². The summed E-state index contributed by atoms with van der Waals surface area (Å²) >= 11 is 0. The molecule has 0 amide bonds. The van der Waals surface area contributed by atoms with Crippen LogP contribution in [0, 0.1) is 0 Å². The maximum atomic E-state index is 11.7. The number of methoxy groups -OCH3 is 1. The molecule has 0 aromatic heterocycles. The van der Waals surface area contributed by atoms with Gasteiger partial charge in [-0.3, -0.25) is 4.79 Å². The number of hydrogen-bond acceptors (Lipinski definition) is 5. The van der Waals surface area contributed by atoms with E-state index in [4.69, 9.17) is 9.47 Å². The highest BCUT2D eigenvalue weighted by molar-refractivity contribution is 5.75. The van der Waals surface area contributed by atoms with E-state index in [2.05, 4.69) is 5.32 Å². The molecule has 0 radical (unpaired) electrons. The van der Waals surface area contributed by atoms with E-state index in [9.17, 15) is 4.79 Å². The number of anilines is 1. The first kappa shape index (κ1) is 15.6. The number of rotatable bonds is 8. The zero-order valence-corrected chi connectivity index (χ0v) is 13.0. The van der Waals surface area contributed by atoms with Crippen LogP contribution in [-0.2, 0) is 9.53 Å². The Morgan fingerprint density at radius 3 is 2.81 bits per heavy atom. The highest BCUT2D eigenvalue weighted by Crippen LogP contribution is 2.21. The van der Waals surface area contributed by atoms with Gasteiger partial charge in [-0.1, -0.05) is 6.07 Å². The molecule has 5 heteroatoms. The summed E-state index contributed by atoms with van der Waals surface area (Å²) in [5.41, 5.74) is 1.09. The predicted molar refractivity (Wildman–Crippen MR) is 82.8 cm³/mol. The van der Waals surface area contributed by atoms with Crippen LogP contribution in [0.2, 0.25) is 0 Å². The van der Waals surface area contributed by atoms with Crippen molar-refractivity contribution < 1.29 is 14.3 Å². The molecule has 5 nitrogen and oxygen atoms in total. The van der Waals surface area contributed by atoms with Crippen LogP contribution >= 0.6 is 0 Å². The molecule has 116 valence electrons. The molecule has 0 aliphatic heterocycles. The van der Waals surface area contributed by atoms with Crippen molar-refractivity contribution in [3.05, 3.63) is 24.3 Å². The molecule has 1 aliphatic rings. The van der Waals surface area contributed by atoms with E-state index >= 15 is 0 Å². The first-order chi connectivity index (χ1) is 10.1. The minimum absolute atomic E-state index is 0.215. The number of carbonyl (C=O) groups excluding carboxylic acids is 1. The maximum absolute atomic E-state index is 11.7. The van der Waals surface area contributed by atoms with Crippen molar-refractivity contribution in [2.24, 2.45) is 0 Å². The lowest BCUT2D eigenvalue weighted by atomic mass is 10.2. The molecule has 1 fully saturated rings. The van der Waals surface area contributed by atoms with Gasteiger partial charge in [-0.05, 0) is 25.0 Å². The molecule has 1 aromatic rings. The second-order valence-electron chi connectivity index (χ2n) is 5.55. The van der Waals surface area contributed by atoms with Crippen LogP contribution in [0.1, 0.15) is 19.3 Å². The van der Waals surface area contributed by atoms with Gasteiger partial charge >= 0.3 is 5.97 Å². The number of benzene rings is 1. The third-order valence-electron chi connectivity index (χ3n) is 3.51. The average Bonchev–Trinajstić information content (AvgIpc) is 3.29. The van der Waals surface area contributed by atoms with Crippen molar-refractivity contribution in [3.63, 3.8) is 0 Å². The van der Waals surface area contributed by atoms with Crippen molar-refractivity contribution >= 4 is 11.7 Å². The van der Waals surface area contributed by atoms with Crippen LogP contribution in [0.15, 0.2) is 24.3 Å². The molecule has 0 heterocycles. The van der Waals surface area contributed by atoms with Crippen LogP contribution in [0.25, 0.3) is 0 Å². The number of nitrogens with one attached hydrogen (secondary N) is 1. The third-order valence-corrected chi connectivity index (χ3v) is 3.51. The van der Waals surface area contributed by atoms with E-state index in [1.54, 1.807) is 0 Å². The van der Waals surface area contributed by atoms with E-state index in [-0.39, 0.29) is 12.0 Å². The monoisotopic (exact) mass is 292 g/mol. The van der Waals surface area contributed by atoms with Gasteiger partial charge in [0.15, 0.2) is 0 Å². The van der Waals surface area contributed by atoms with Gasteiger partial charge in [-0.2, -0.15) is 0 Å². The summed E-state index contributed by atoms with van der Waals surface area (Å²) in [4.78, 5) is 13.7. The number of hydrogen-bond donors (Lipinski definition) is 1. The molecule has 0 bridgehead atoms. The molecule has 1 aromatic carbocycles. The van der Waals surface area contributed by atoms with Gasteiger partial charge in [0.2, 0.25) is 0 Å². The Labute approximate surface area is 126 Å². The van der Waals surface area contributed by atoms with Crippen LogP contribution in [0.4, 0.5) is 5.69 Å². The van der Waals surface area contributed by atoms with Crippen LogP contribution in [-0.4, -0.2) is 45.9 Å². The van der Waals surface area contributed by atoms with Crippen molar-refractivity contribution in [2.75, 3.05) is 32.7 Å². The molecule has 2 rings (SSSR count). The van der Waals surface area contributed by atoms with E-state index < -0.39 is 0 Å². The van der Waals surface area contributed by atoms with Gasteiger partial charge in [0, 0.05) is 38.3 Å². The quantitative estimate of drug-likeness (QED) is 0.741. The lowest BCUT2D eigenvalue weighted by Crippen LogP contribution is -2.40. The minimum Gasteiger partial charge on any atom is -0.493 e. The van der Waals surface area contributed by atoms with Gasteiger partial charge in [-0.25, -0.2) is 0 Å². The molecular formula is C16H24N2O3. The molecule has 1 N–H and O–H groups in total. The molecule has 1 saturated carbocycles. The van der Waals surface area contributed by atoms with Gasteiger partial charge in [0.05, 0.1) is 13.7 Å². The van der Waals surface area contributed by atoms with Gasteiger partial charge in [0.1, 0.15) is 11.8 Å². The van der Waals surface area contributed by atoms with E-state index in [1.165, 1.54) is 7.11 Å². The lowest BCUT2D eigenvalue weighted by Gasteiger charge is -2.17. The Balaban J connectivity index is 1.83. The molecule has 1 unspecified atom stereocenters. The maximum Gasteiger partial charge on any atom is 0.322 e. The predicted octanol–water partition coefficient (Wildman–Crippen LogP) is 1.82. The highest BCUT2D eigenvalue weighted by Gasteiger charge is 2.28. The van der Waals surface area contributed by atoms with Crippen molar-refractivity contribution in [3.8, 4) is 5.75 Å². The summed E-state index contributed by atoms with van der Waals surface area (Å²) in [5.74, 6) is 0.601. The third kappa shape index (κ3) is 4.93. The van der Waals surface area contributed by atoms with Gasteiger partial charge < -0.3 is 19.7 Å². The van der Waals surface area contributed by atoms with Crippen molar-refractivity contribution in [1.82, 2.24) is 5.32 Å². The summed E-state index contributed by atoms with van der Waals surface area (Å²) in [6.45, 7) is 0.483. The van der Waals surface area contributed by atoms with Crippen LogP contribution in [0.3, 0.4) is 0 Å². The largest absolute Gasteiger partial charge is 0.493 e. The standard InChI is InChI=1S/C16H24N2O3/c1-18(2)13-5-4-6-14(11-13)21-10-9-15(16(19)20-3)17-12-7-8-12/h4-6,11-12,15,17H,7-10H2,1-3H3. The summed E-state index contributed by atoms with van der Waals surface area (Å²) < 4.78 is 10.6. The molecule has 0 saturated heterocycles. The summed E-state index contributed by atoms with van der Waals surface area (Å²) in [6.07, 6.45) is 2.88. The number of esters is 1. The summed E-state index contributed by atoms with van der Waals surface area (Å²) in [6, 6.07) is 8.09. The van der Waals surface area contributed by atoms with Crippen molar-refractivity contribution in [2.45, 2.75) is 31.3 Å². The Hall–Kier alpha value is -1.75. The second kappa shape index (κ2) is 7.31. The van der Waals surface area contributed by atoms with E-state index in [1.807, 2.05) is 43.3 Å². The molecule has 0 spiro atoms. The fourth-order valence-corrected chi connectivity index (χ4v) is 2.09. The minimum atomic E-state index is -0.278. The molecule has 21 heavy (non-hydrogen) atoms. The van der Waals surface area contributed by atoms with Crippen LogP contribution in [0.5, 0.6) is 5.75 Å². The normalized spacial score (nSPS) is 15.4. The Bertz CT molecular complexity index is 472. The zero-order valence-electron chi connectivity index (χ0n) is 13.0. The number of carbonyl (C=O) groups is 1. The average molecular weight is 292 g/mol. The lowest BCUT2D eigenvalue weighted by molar-refractivity contribution is -0.143. The topological polar surface area (TPSA) is 50.8 Å². The van der Waals surface area contributed by atoms with Gasteiger partial charge in [0.25, 0.3) is 0 Å². The smallest absolute Gasteiger partial charge is 0.322 e. The van der Waals surface area contributed by atoms with Crippen molar-refractivity contribution in [1.29, 1.82) is 0 Å². The molecular weight excluding hydrogens is 268 g/mol. The Morgan fingerprint density at radius 2 is 2.19 bits per heavy atom. The van der Waals surface area contributed by atoms with E-state index in [0.29, 0.717) is 19.1 Å². The van der Waals surface area contributed by atoms with E-state index in [0.717, 1.165) is 24.3 Å². The fraction of sp³-hybridized carbons (Fsp3) is 0.562. The second-order valence-corrected chi connectivity index (χ2v) is 5.55. The fourth-order valence-electron chi connectivity index (χ4n) is 2.09. The summed E-state index contributed by atoms with van der Waals surface area (Å²) in [7, 11) is 5.41. The Kier molecular flexibility index (Phi) is 5.44. The first-order valence-electron chi connectivity index (χ1n) is 7.34. The number of nitrogens with zero attached hydrogens (tertiary/aromatic N) is 1.